The lowest BCUT2D eigenvalue weighted by molar-refractivity contribution is -0.132. The van der Waals surface area contributed by atoms with Crippen LogP contribution in [0.25, 0.3) is 0 Å². The highest BCUT2D eigenvalue weighted by atomic mass is 19.1. The molecule has 29 heavy (non-hydrogen) atoms. The minimum atomic E-state index is -0.373. The summed E-state index contributed by atoms with van der Waals surface area (Å²) in [5.41, 5.74) is 2.02. The zero-order chi connectivity index (χ0) is 20.8. The van der Waals surface area contributed by atoms with Crippen LogP contribution in [0, 0.1) is 5.82 Å². The molecule has 0 N–H and O–H groups in total. The summed E-state index contributed by atoms with van der Waals surface area (Å²) in [6.07, 6.45) is 0. The average Bonchev–Trinajstić information content (AvgIpc) is 2.73. The van der Waals surface area contributed by atoms with Gasteiger partial charge in [0.05, 0.1) is 12.2 Å². The van der Waals surface area contributed by atoms with Crippen LogP contribution in [0.1, 0.15) is 29.8 Å². The van der Waals surface area contributed by atoms with Crippen LogP contribution in [-0.2, 0) is 11.3 Å². The SMILES string of the molecule is CCN(Cc1ccccc1)C(=O)CN1CCN(c2ccc(C(C)=O)cc2F)CC1. The molecule has 0 unspecified atom stereocenters. The Hall–Kier alpha value is -2.73. The second-order valence-corrected chi connectivity index (χ2v) is 7.38. The molecule has 0 bridgehead atoms. The number of carbonyl (C=O) groups excluding carboxylic acids is 2. The van der Waals surface area contributed by atoms with E-state index in [1.165, 1.54) is 13.0 Å². The van der Waals surface area contributed by atoms with Gasteiger partial charge in [0.25, 0.3) is 0 Å². The fourth-order valence-corrected chi connectivity index (χ4v) is 3.60. The summed E-state index contributed by atoms with van der Waals surface area (Å²) < 4.78 is 14.4. The van der Waals surface area contributed by atoms with Gasteiger partial charge in [0.1, 0.15) is 5.82 Å². The number of amides is 1. The van der Waals surface area contributed by atoms with Crippen molar-refractivity contribution in [2.75, 3.05) is 44.2 Å². The molecule has 3 rings (SSSR count). The zero-order valence-corrected chi connectivity index (χ0v) is 17.1. The van der Waals surface area contributed by atoms with Crippen LogP contribution in [0.2, 0.25) is 0 Å². The maximum Gasteiger partial charge on any atom is 0.237 e. The Morgan fingerprint density at radius 2 is 1.72 bits per heavy atom. The molecule has 6 heteroatoms. The van der Waals surface area contributed by atoms with E-state index in [4.69, 9.17) is 0 Å². The van der Waals surface area contributed by atoms with Crippen LogP contribution in [-0.4, -0.2) is 60.8 Å². The summed E-state index contributed by atoms with van der Waals surface area (Å²) in [6, 6.07) is 14.6. The molecule has 1 fully saturated rings. The maximum atomic E-state index is 14.4. The predicted molar refractivity (Wildman–Crippen MR) is 113 cm³/mol. The summed E-state index contributed by atoms with van der Waals surface area (Å²) >= 11 is 0. The maximum absolute atomic E-state index is 14.4. The van der Waals surface area contributed by atoms with Gasteiger partial charge in [-0.3, -0.25) is 14.5 Å². The molecular formula is C23H28FN3O2. The highest BCUT2D eigenvalue weighted by molar-refractivity contribution is 5.94. The Bertz CT molecular complexity index is 848. The van der Waals surface area contributed by atoms with Gasteiger partial charge in [0, 0.05) is 44.8 Å². The lowest BCUT2D eigenvalue weighted by Crippen LogP contribution is -2.50. The number of Topliss-reactive ketones (excluding diaryl/α,β-unsaturated/α-hetero) is 1. The van der Waals surface area contributed by atoms with Crippen molar-refractivity contribution in [1.29, 1.82) is 0 Å². The number of likely N-dealkylation sites (N-methyl/N-ethyl adjacent to an activating group) is 1. The van der Waals surface area contributed by atoms with E-state index in [2.05, 4.69) is 4.90 Å². The van der Waals surface area contributed by atoms with E-state index in [9.17, 15) is 14.0 Å². The van der Waals surface area contributed by atoms with E-state index >= 15 is 0 Å². The fraction of sp³-hybridized carbons (Fsp3) is 0.391. The number of ketones is 1. The Kier molecular flexibility index (Phi) is 6.99. The van der Waals surface area contributed by atoms with E-state index in [-0.39, 0.29) is 17.5 Å². The number of rotatable bonds is 7. The number of hydrogen-bond acceptors (Lipinski definition) is 4. The number of nitrogens with zero attached hydrogens (tertiary/aromatic N) is 3. The number of hydrogen-bond donors (Lipinski definition) is 0. The summed E-state index contributed by atoms with van der Waals surface area (Å²) in [6.45, 7) is 7.77. The van der Waals surface area contributed by atoms with Crippen molar-refractivity contribution in [3.63, 3.8) is 0 Å². The molecule has 0 saturated carbocycles. The van der Waals surface area contributed by atoms with E-state index in [0.717, 1.165) is 5.56 Å². The fourth-order valence-electron chi connectivity index (χ4n) is 3.60. The smallest absolute Gasteiger partial charge is 0.237 e. The first kappa shape index (κ1) is 21.0. The van der Waals surface area contributed by atoms with Gasteiger partial charge in [0.15, 0.2) is 5.78 Å². The highest BCUT2D eigenvalue weighted by Crippen LogP contribution is 2.22. The lowest BCUT2D eigenvalue weighted by Gasteiger charge is -2.36. The van der Waals surface area contributed by atoms with Crippen LogP contribution >= 0.6 is 0 Å². The minimum absolute atomic E-state index is 0.113. The van der Waals surface area contributed by atoms with Gasteiger partial charge in [-0.2, -0.15) is 0 Å². The monoisotopic (exact) mass is 397 g/mol. The zero-order valence-electron chi connectivity index (χ0n) is 17.1. The van der Waals surface area contributed by atoms with E-state index in [0.29, 0.717) is 57.1 Å². The van der Waals surface area contributed by atoms with Crippen molar-refractivity contribution < 1.29 is 14.0 Å². The Morgan fingerprint density at radius 1 is 1.03 bits per heavy atom. The molecule has 154 valence electrons. The van der Waals surface area contributed by atoms with Crippen LogP contribution in [0.5, 0.6) is 0 Å². The summed E-state index contributed by atoms with van der Waals surface area (Å²) in [5, 5.41) is 0. The number of halogens is 1. The molecule has 1 aliphatic rings. The largest absolute Gasteiger partial charge is 0.367 e. The summed E-state index contributed by atoms with van der Waals surface area (Å²) in [7, 11) is 0. The number of carbonyl (C=O) groups is 2. The van der Waals surface area contributed by atoms with Gasteiger partial charge in [-0.15, -0.1) is 0 Å². The molecule has 1 amide bonds. The van der Waals surface area contributed by atoms with E-state index in [1.54, 1.807) is 12.1 Å². The molecule has 1 heterocycles. The lowest BCUT2D eigenvalue weighted by atomic mass is 10.1. The molecule has 0 aliphatic carbocycles. The van der Waals surface area contributed by atoms with Gasteiger partial charge in [0.2, 0.25) is 5.91 Å². The summed E-state index contributed by atoms with van der Waals surface area (Å²) in [4.78, 5) is 30.1. The average molecular weight is 397 g/mol. The van der Waals surface area contributed by atoms with Crippen molar-refractivity contribution in [2.24, 2.45) is 0 Å². The van der Waals surface area contributed by atoms with Crippen molar-refractivity contribution in [3.8, 4) is 0 Å². The second-order valence-electron chi connectivity index (χ2n) is 7.38. The first-order valence-corrected chi connectivity index (χ1v) is 10.1. The Balaban J connectivity index is 1.54. The molecular weight excluding hydrogens is 369 g/mol. The van der Waals surface area contributed by atoms with Crippen molar-refractivity contribution in [3.05, 3.63) is 65.5 Å². The minimum Gasteiger partial charge on any atom is -0.367 e. The Labute approximate surface area is 171 Å². The Morgan fingerprint density at radius 3 is 2.31 bits per heavy atom. The normalized spacial score (nSPS) is 14.7. The molecule has 0 radical (unpaired) electrons. The van der Waals surface area contributed by atoms with Gasteiger partial charge in [-0.25, -0.2) is 4.39 Å². The third-order valence-electron chi connectivity index (χ3n) is 5.38. The van der Waals surface area contributed by atoms with Crippen molar-refractivity contribution >= 4 is 17.4 Å². The first-order chi connectivity index (χ1) is 14.0. The van der Waals surface area contributed by atoms with Crippen LogP contribution in [0.4, 0.5) is 10.1 Å². The summed E-state index contributed by atoms with van der Waals surface area (Å²) in [5.74, 6) is -0.404. The van der Waals surface area contributed by atoms with Crippen LogP contribution < -0.4 is 4.90 Å². The van der Waals surface area contributed by atoms with Crippen LogP contribution in [0.3, 0.4) is 0 Å². The number of benzene rings is 2. The number of anilines is 1. The van der Waals surface area contributed by atoms with E-state index in [1.807, 2.05) is 47.1 Å². The topological polar surface area (TPSA) is 43.9 Å². The first-order valence-electron chi connectivity index (χ1n) is 10.1. The molecule has 1 aliphatic heterocycles. The van der Waals surface area contributed by atoms with Gasteiger partial charge in [-0.1, -0.05) is 30.3 Å². The molecule has 0 aromatic heterocycles. The standard InChI is InChI=1S/C23H28FN3O2/c1-3-26(16-19-7-5-4-6-8-19)23(29)17-25-11-13-27(14-12-25)22-10-9-20(18(2)28)15-21(22)24/h4-10,15H,3,11-14,16-17H2,1-2H3. The molecule has 5 nitrogen and oxygen atoms in total. The van der Waals surface area contributed by atoms with Gasteiger partial charge in [-0.05, 0) is 37.6 Å². The quantitative estimate of drug-likeness (QED) is 0.673. The predicted octanol–water partition coefficient (Wildman–Crippen LogP) is 3.20. The van der Waals surface area contributed by atoms with E-state index < -0.39 is 0 Å². The molecule has 0 spiro atoms. The third kappa shape index (κ3) is 5.41. The molecule has 1 saturated heterocycles. The van der Waals surface area contributed by atoms with Crippen molar-refractivity contribution in [2.45, 2.75) is 20.4 Å². The third-order valence-corrected chi connectivity index (χ3v) is 5.38. The van der Waals surface area contributed by atoms with Gasteiger partial charge >= 0.3 is 0 Å². The molecule has 2 aromatic carbocycles. The molecule has 0 atom stereocenters. The van der Waals surface area contributed by atoms with Crippen molar-refractivity contribution in [1.82, 2.24) is 9.80 Å². The second kappa shape index (κ2) is 9.65. The molecule has 2 aromatic rings. The van der Waals surface area contributed by atoms with Gasteiger partial charge < -0.3 is 9.80 Å². The van der Waals surface area contributed by atoms with Crippen LogP contribution in [0.15, 0.2) is 48.5 Å². The number of piperazine rings is 1. The highest BCUT2D eigenvalue weighted by Gasteiger charge is 2.23.